The molecule has 2 unspecified atom stereocenters. The van der Waals surface area contributed by atoms with Crippen LogP contribution in [0.1, 0.15) is 21.8 Å². The van der Waals surface area contributed by atoms with Gasteiger partial charge in [0, 0.05) is 43.0 Å². The number of carbonyl (C=O) groups is 1. The summed E-state index contributed by atoms with van der Waals surface area (Å²) in [5, 5.41) is 4.01. The van der Waals surface area contributed by atoms with Crippen molar-refractivity contribution in [1.29, 1.82) is 0 Å². The SMILES string of the molecule is Cc1cn2cc(NC(=O)c3cc4ccc(N5CC6CC5CN6C)nc4s3)ccc2n1. The Morgan fingerprint density at radius 1 is 1.13 bits per heavy atom. The van der Waals surface area contributed by atoms with Crippen LogP contribution in [0.25, 0.3) is 15.9 Å². The number of hydrogen-bond acceptors (Lipinski definition) is 6. The highest BCUT2D eigenvalue weighted by Crippen LogP contribution is 2.34. The molecule has 1 N–H and O–H groups in total. The van der Waals surface area contributed by atoms with E-state index in [0.29, 0.717) is 17.0 Å². The minimum Gasteiger partial charge on any atom is -0.351 e. The molecule has 2 aliphatic rings. The molecule has 0 aliphatic carbocycles. The van der Waals surface area contributed by atoms with Gasteiger partial charge in [-0.05, 0) is 50.7 Å². The zero-order valence-electron chi connectivity index (χ0n) is 16.9. The fourth-order valence-electron chi connectivity index (χ4n) is 4.71. The minimum atomic E-state index is -0.113. The lowest BCUT2D eigenvalue weighted by atomic mass is 10.2. The molecule has 2 atom stereocenters. The van der Waals surface area contributed by atoms with Gasteiger partial charge in [-0.25, -0.2) is 9.97 Å². The monoisotopic (exact) mass is 418 g/mol. The second-order valence-electron chi connectivity index (χ2n) is 8.33. The molecule has 6 heterocycles. The number of hydrogen-bond donors (Lipinski definition) is 1. The highest BCUT2D eigenvalue weighted by molar-refractivity contribution is 7.20. The largest absolute Gasteiger partial charge is 0.351 e. The van der Waals surface area contributed by atoms with Crippen LogP contribution in [-0.4, -0.2) is 57.4 Å². The Balaban J connectivity index is 1.24. The van der Waals surface area contributed by atoms with Gasteiger partial charge in [-0.2, -0.15) is 0 Å². The average molecular weight is 419 g/mol. The summed E-state index contributed by atoms with van der Waals surface area (Å²) in [7, 11) is 2.20. The molecule has 30 heavy (non-hydrogen) atoms. The van der Waals surface area contributed by atoms with Crippen LogP contribution in [0.3, 0.4) is 0 Å². The molecule has 8 heteroatoms. The van der Waals surface area contributed by atoms with Gasteiger partial charge in [0.15, 0.2) is 0 Å². The number of likely N-dealkylation sites (tertiary alicyclic amines) is 1. The van der Waals surface area contributed by atoms with E-state index in [0.717, 1.165) is 46.2 Å². The standard InChI is InChI=1S/C22H22N6OS/c1-13-9-27-10-15(4-6-19(27)23-13)24-21(29)18-7-14-3-5-20(25-22(14)30-18)28-12-16-8-17(28)11-26(16)2/h3-7,9-10,16-17H,8,11-12H2,1-2H3,(H,24,29). The number of aromatic nitrogens is 3. The van der Waals surface area contributed by atoms with Gasteiger partial charge < -0.3 is 14.6 Å². The predicted molar refractivity (Wildman–Crippen MR) is 120 cm³/mol. The zero-order chi connectivity index (χ0) is 20.4. The van der Waals surface area contributed by atoms with E-state index in [4.69, 9.17) is 4.98 Å². The third kappa shape index (κ3) is 2.86. The Morgan fingerprint density at radius 3 is 2.83 bits per heavy atom. The van der Waals surface area contributed by atoms with Crippen LogP contribution < -0.4 is 10.2 Å². The summed E-state index contributed by atoms with van der Waals surface area (Å²) in [6, 6.07) is 11.1. The summed E-state index contributed by atoms with van der Waals surface area (Å²) in [6.45, 7) is 4.09. The Kier molecular flexibility index (Phi) is 3.88. The highest BCUT2D eigenvalue weighted by Gasteiger charge is 2.41. The van der Waals surface area contributed by atoms with Gasteiger partial charge in [0.1, 0.15) is 16.3 Å². The molecule has 6 rings (SSSR count). The Hall–Kier alpha value is -2.97. The lowest BCUT2D eigenvalue weighted by molar-refractivity contribution is 0.103. The number of nitrogens with one attached hydrogen (secondary N) is 1. The van der Waals surface area contributed by atoms with Gasteiger partial charge in [0.25, 0.3) is 5.91 Å². The van der Waals surface area contributed by atoms with Gasteiger partial charge in [0.05, 0.1) is 16.3 Å². The Morgan fingerprint density at radius 2 is 2.03 bits per heavy atom. The Bertz CT molecular complexity index is 1290. The summed E-state index contributed by atoms with van der Waals surface area (Å²) in [4.78, 5) is 28.6. The number of pyridine rings is 2. The molecule has 7 nitrogen and oxygen atoms in total. The fourth-order valence-corrected chi connectivity index (χ4v) is 5.63. The second kappa shape index (κ2) is 6.52. The van der Waals surface area contributed by atoms with Crippen molar-refractivity contribution >= 4 is 44.6 Å². The summed E-state index contributed by atoms with van der Waals surface area (Å²) < 4.78 is 1.92. The topological polar surface area (TPSA) is 65.8 Å². The van der Waals surface area contributed by atoms with Crippen LogP contribution in [0.4, 0.5) is 11.5 Å². The van der Waals surface area contributed by atoms with Crippen molar-refractivity contribution in [2.75, 3.05) is 30.4 Å². The number of piperazine rings is 1. The first-order chi connectivity index (χ1) is 14.5. The second-order valence-corrected chi connectivity index (χ2v) is 9.36. The predicted octanol–water partition coefficient (Wildman–Crippen LogP) is 3.40. The number of rotatable bonds is 3. The van der Waals surface area contributed by atoms with Crippen molar-refractivity contribution in [1.82, 2.24) is 19.3 Å². The van der Waals surface area contributed by atoms with E-state index in [1.165, 1.54) is 17.8 Å². The lowest BCUT2D eigenvalue weighted by Gasteiger charge is -2.32. The highest BCUT2D eigenvalue weighted by atomic mass is 32.1. The average Bonchev–Trinajstić information content (AvgIpc) is 3.47. The van der Waals surface area contributed by atoms with Crippen LogP contribution in [0.2, 0.25) is 0 Å². The molecule has 152 valence electrons. The van der Waals surface area contributed by atoms with E-state index >= 15 is 0 Å². The number of anilines is 2. The van der Waals surface area contributed by atoms with E-state index in [9.17, 15) is 4.79 Å². The maximum Gasteiger partial charge on any atom is 0.265 e. The zero-order valence-corrected chi connectivity index (χ0v) is 17.7. The van der Waals surface area contributed by atoms with Crippen LogP contribution in [0.15, 0.2) is 42.7 Å². The van der Waals surface area contributed by atoms with E-state index in [-0.39, 0.29) is 5.91 Å². The van der Waals surface area contributed by atoms with Crippen molar-refractivity contribution in [3.63, 3.8) is 0 Å². The number of aryl methyl sites for hydroxylation is 1. The Labute approximate surface area is 178 Å². The summed E-state index contributed by atoms with van der Waals surface area (Å²) in [5.41, 5.74) is 2.56. The van der Waals surface area contributed by atoms with Crippen molar-refractivity contribution in [2.45, 2.75) is 25.4 Å². The van der Waals surface area contributed by atoms with E-state index < -0.39 is 0 Å². The van der Waals surface area contributed by atoms with Crippen LogP contribution in [-0.2, 0) is 0 Å². The van der Waals surface area contributed by atoms with Gasteiger partial charge >= 0.3 is 0 Å². The van der Waals surface area contributed by atoms with E-state index in [1.54, 1.807) is 0 Å². The molecule has 2 aliphatic heterocycles. The third-order valence-electron chi connectivity index (χ3n) is 6.23. The van der Waals surface area contributed by atoms with Gasteiger partial charge in [-0.15, -0.1) is 11.3 Å². The third-order valence-corrected chi connectivity index (χ3v) is 7.27. The van der Waals surface area contributed by atoms with Crippen LogP contribution >= 0.6 is 11.3 Å². The molecule has 4 aromatic rings. The number of likely N-dealkylation sites (N-methyl/N-ethyl adjacent to an activating group) is 1. The molecular weight excluding hydrogens is 396 g/mol. The molecular formula is C22H22N6OS. The molecule has 1 amide bonds. The number of thiophene rings is 1. The number of imidazole rings is 1. The number of amides is 1. The molecule has 0 radical (unpaired) electrons. The summed E-state index contributed by atoms with van der Waals surface area (Å²) in [6.07, 6.45) is 5.05. The van der Waals surface area contributed by atoms with Crippen molar-refractivity contribution in [3.05, 3.63) is 53.3 Å². The molecule has 2 saturated heterocycles. The summed E-state index contributed by atoms with van der Waals surface area (Å²) >= 11 is 1.45. The smallest absolute Gasteiger partial charge is 0.265 e. The molecule has 2 bridgehead atoms. The maximum absolute atomic E-state index is 12.8. The number of nitrogens with zero attached hydrogens (tertiary/aromatic N) is 5. The van der Waals surface area contributed by atoms with E-state index in [1.807, 2.05) is 41.9 Å². The van der Waals surface area contributed by atoms with Gasteiger partial charge in [0.2, 0.25) is 0 Å². The molecule has 0 saturated carbocycles. The van der Waals surface area contributed by atoms with Crippen LogP contribution in [0.5, 0.6) is 0 Å². The first kappa shape index (κ1) is 17.9. The number of fused-ring (bicyclic) bond motifs is 4. The molecule has 0 aromatic carbocycles. The van der Waals surface area contributed by atoms with Crippen molar-refractivity contribution in [3.8, 4) is 0 Å². The fraction of sp³-hybridized carbons (Fsp3) is 0.318. The van der Waals surface area contributed by atoms with Crippen molar-refractivity contribution < 1.29 is 4.79 Å². The van der Waals surface area contributed by atoms with E-state index in [2.05, 4.69) is 39.3 Å². The van der Waals surface area contributed by atoms with Gasteiger partial charge in [-0.3, -0.25) is 9.69 Å². The maximum atomic E-state index is 12.8. The quantitative estimate of drug-likeness (QED) is 0.552. The van der Waals surface area contributed by atoms with Crippen molar-refractivity contribution in [2.24, 2.45) is 0 Å². The normalized spacial score (nSPS) is 21.2. The van der Waals surface area contributed by atoms with Gasteiger partial charge in [-0.1, -0.05) is 0 Å². The minimum absolute atomic E-state index is 0.113. The molecule has 0 spiro atoms. The summed E-state index contributed by atoms with van der Waals surface area (Å²) in [5.74, 6) is 0.912. The molecule has 4 aromatic heterocycles. The first-order valence-corrected chi connectivity index (χ1v) is 11.0. The van der Waals surface area contributed by atoms with Crippen LogP contribution in [0, 0.1) is 6.92 Å². The molecule has 2 fully saturated rings. The lowest BCUT2D eigenvalue weighted by Crippen LogP contribution is -2.44. The first-order valence-electron chi connectivity index (χ1n) is 10.2. The number of carbonyl (C=O) groups excluding carboxylic acids is 1.